The molecule has 2 N–H and O–H groups in total. The maximum absolute atomic E-state index is 12.5. The molecule has 2 fully saturated rings. The normalized spacial score (nSPS) is 24.5. The van der Waals surface area contributed by atoms with Crippen molar-refractivity contribution >= 4 is 11.8 Å². The summed E-state index contributed by atoms with van der Waals surface area (Å²) in [5.41, 5.74) is 0.755. The monoisotopic (exact) mass is 364 g/mol. The Morgan fingerprint density at radius 1 is 1.31 bits per heavy atom. The summed E-state index contributed by atoms with van der Waals surface area (Å²) in [6.45, 7) is 6.58. The highest BCUT2D eigenvalue weighted by Crippen LogP contribution is 2.26. The molecule has 2 amide bonds. The van der Waals surface area contributed by atoms with Gasteiger partial charge in [0.05, 0.1) is 11.7 Å². The van der Waals surface area contributed by atoms with E-state index in [1.165, 1.54) is 0 Å². The first-order valence-corrected chi connectivity index (χ1v) is 9.50. The second-order valence-corrected chi connectivity index (χ2v) is 6.89. The fourth-order valence-corrected chi connectivity index (χ4v) is 3.78. The molecule has 8 heteroatoms. The van der Waals surface area contributed by atoms with Crippen molar-refractivity contribution in [1.82, 2.24) is 20.7 Å². The molecule has 0 aromatic carbocycles. The van der Waals surface area contributed by atoms with Gasteiger partial charge < -0.3 is 19.9 Å². The van der Waals surface area contributed by atoms with Crippen molar-refractivity contribution in [3.05, 3.63) is 17.5 Å². The van der Waals surface area contributed by atoms with E-state index >= 15 is 0 Å². The second kappa shape index (κ2) is 8.64. The molecule has 3 rings (SSSR count). The third kappa shape index (κ3) is 4.24. The number of amides is 2. The van der Waals surface area contributed by atoms with Crippen LogP contribution in [0.4, 0.5) is 0 Å². The van der Waals surface area contributed by atoms with Gasteiger partial charge in [0, 0.05) is 44.5 Å². The van der Waals surface area contributed by atoms with Gasteiger partial charge in [-0.3, -0.25) is 14.5 Å². The van der Waals surface area contributed by atoms with E-state index in [1.807, 2.05) is 13.8 Å². The Kier molecular flexibility index (Phi) is 6.26. The topological polar surface area (TPSA) is 96.7 Å². The van der Waals surface area contributed by atoms with E-state index in [0.717, 1.165) is 38.2 Å². The fourth-order valence-electron chi connectivity index (χ4n) is 3.78. The molecule has 2 saturated heterocycles. The zero-order valence-electron chi connectivity index (χ0n) is 15.5. The molecule has 1 aromatic heterocycles. The molecule has 2 atom stereocenters. The smallest absolute Gasteiger partial charge is 0.290 e. The molecule has 26 heavy (non-hydrogen) atoms. The number of carbonyl (C=O) groups is 2. The quantitative estimate of drug-likeness (QED) is 0.772. The Balaban J connectivity index is 1.66. The van der Waals surface area contributed by atoms with Crippen LogP contribution in [-0.4, -0.2) is 66.3 Å². The van der Waals surface area contributed by atoms with Crippen LogP contribution in [-0.2, 0) is 16.0 Å². The number of hydrogen-bond donors (Lipinski definition) is 2. The number of hydrogen-bond acceptors (Lipinski definition) is 6. The highest BCUT2D eigenvalue weighted by molar-refractivity contribution is 5.91. The number of aryl methyl sites for hydroxylation is 1. The number of likely N-dealkylation sites (tertiary alicyclic amines) is 1. The van der Waals surface area contributed by atoms with Crippen molar-refractivity contribution < 1.29 is 18.8 Å². The molecule has 1 aromatic rings. The minimum absolute atomic E-state index is 0.0312. The molecule has 8 nitrogen and oxygen atoms in total. The van der Waals surface area contributed by atoms with Gasteiger partial charge in [0.2, 0.25) is 11.7 Å². The number of aromatic nitrogens is 1. The molecule has 0 saturated carbocycles. The molecule has 2 aliphatic heterocycles. The maximum atomic E-state index is 12.5. The molecular weight excluding hydrogens is 336 g/mol. The van der Waals surface area contributed by atoms with Gasteiger partial charge in [-0.1, -0.05) is 12.1 Å². The molecule has 3 heterocycles. The number of carbonyl (C=O) groups excluding carboxylic acids is 2. The lowest BCUT2D eigenvalue weighted by Crippen LogP contribution is -2.49. The summed E-state index contributed by atoms with van der Waals surface area (Å²) in [5.74, 6) is -0.0183. The van der Waals surface area contributed by atoms with Gasteiger partial charge >= 0.3 is 0 Å². The predicted molar refractivity (Wildman–Crippen MR) is 94.8 cm³/mol. The van der Waals surface area contributed by atoms with Gasteiger partial charge in [0.15, 0.2) is 0 Å². The maximum Gasteiger partial charge on any atom is 0.290 e. The molecular formula is C18H28N4O4. The van der Waals surface area contributed by atoms with Crippen molar-refractivity contribution in [2.24, 2.45) is 0 Å². The Bertz CT molecular complexity index is 626. The Morgan fingerprint density at radius 2 is 2.08 bits per heavy atom. The number of likely N-dealkylation sites (N-methyl/N-ethyl adjacent to an activating group) is 1. The number of rotatable bonds is 6. The first-order valence-electron chi connectivity index (χ1n) is 9.50. The van der Waals surface area contributed by atoms with Crippen LogP contribution in [0, 0.1) is 0 Å². The number of ether oxygens (including phenoxy) is 1. The molecule has 2 unspecified atom stereocenters. The summed E-state index contributed by atoms with van der Waals surface area (Å²) in [4.78, 5) is 27.2. The van der Waals surface area contributed by atoms with E-state index in [4.69, 9.17) is 9.26 Å². The first kappa shape index (κ1) is 18.8. The summed E-state index contributed by atoms with van der Waals surface area (Å²) in [5, 5.41) is 9.78. The van der Waals surface area contributed by atoms with Gasteiger partial charge in [-0.05, 0) is 32.6 Å². The van der Waals surface area contributed by atoms with Crippen molar-refractivity contribution in [2.75, 3.05) is 26.3 Å². The van der Waals surface area contributed by atoms with E-state index in [1.54, 1.807) is 6.07 Å². The third-order valence-corrected chi connectivity index (χ3v) is 5.13. The summed E-state index contributed by atoms with van der Waals surface area (Å²) in [6.07, 6.45) is 3.15. The molecule has 0 radical (unpaired) electrons. The third-order valence-electron chi connectivity index (χ3n) is 5.13. The zero-order chi connectivity index (χ0) is 18.5. The van der Waals surface area contributed by atoms with E-state index in [9.17, 15) is 9.59 Å². The van der Waals surface area contributed by atoms with Crippen molar-refractivity contribution in [3.8, 4) is 0 Å². The Morgan fingerprint density at radius 3 is 2.73 bits per heavy atom. The number of nitrogens with zero attached hydrogens (tertiary/aromatic N) is 2. The van der Waals surface area contributed by atoms with E-state index in [0.29, 0.717) is 25.6 Å². The average molecular weight is 364 g/mol. The van der Waals surface area contributed by atoms with E-state index in [-0.39, 0.29) is 29.7 Å². The van der Waals surface area contributed by atoms with Crippen molar-refractivity contribution in [2.45, 2.75) is 57.7 Å². The number of nitrogens with one attached hydrogen (secondary N) is 2. The molecule has 0 spiro atoms. The predicted octanol–water partition coefficient (Wildman–Crippen LogP) is 0.725. The van der Waals surface area contributed by atoms with Crippen LogP contribution in [0.15, 0.2) is 10.6 Å². The Labute approximate surface area is 153 Å². The molecule has 144 valence electrons. The van der Waals surface area contributed by atoms with Gasteiger partial charge in [-0.25, -0.2) is 0 Å². The van der Waals surface area contributed by atoms with Crippen LogP contribution in [0.25, 0.3) is 0 Å². The van der Waals surface area contributed by atoms with Crippen molar-refractivity contribution in [1.29, 1.82) is 0 Å². The van der Waals surface area contributed by atoms with E-state index in [2.05, 4.69) is 20.7 Å². The molecule has 0 bridgehead atoms. The summed E-state index contributed by atoms with van der Waals surface area (Å²) >= 11 is 0. The van der Waals surface area contributed by atoms with Crippen LogP contribution >= 0.6 is 0 Å². The molecule has 0 aliphatic carbocycles. The lowest BCUT2D eigenvalue weighted by molar-refractivity contribution is -0.126. The molecule has 2 aliphatic rings. The summed E-state index contributed by atoms with van der Waals surface area (Å²) in [6, 6.07) is 1.68. The first-order chi connectivity index (χ1) is 12.6. The fraction of sp³-hybridized carbons (Fsp3) is 0.722. The van der Waals surface area contributed by atoms with Gasteiger partial charge in [-0.15, -0.1) is 0 Å². The summed E-state index contributed by atoms with van der Waals surface area (Å²) in [7, 11) is 0. The van der Waals surface area contributed by atoms with Crippen molar-refractivity contribution in [3.63, 3.8) is 0 Å². The highest BCUT2D eigenvalue weighted by Gasteiger charge is 2.41. The van der Waals surface area contributed by atoms with Crippen LogP contribution in [0.1, 0.15) is 49.4 Å². The standard InChI is InChI=1S/C18H28N4O4/c1-3-12-10-16(26-21-12)18(24)20-13-9-15(17(23)19-4-2)22(11-13)14-5-7-25-8-6-14/h10,13-15H,3-9,11H2,1-2H3,(H,19,23)(H,20,24). The SMILES string of the molecule is CCNC(=O)C1CC(NC(=O)c2cc(CC)no2)CN1C1CCOCC1. The van der Waals surface area contributed by atoms with Gasteiger partial charge in [0.25, 0.3) is 5.91 Å². The second-order valence-electron chi connectivity index (χ2n) is 6.89. The minimum Gasteiger partial charge on any atom is -0.381 e. The van der Waals surface area contributed by atoms with Gasteiger partial charge in [-0.2, -0.15) is 0 Å². The lowest BCUT2D eigenvalue weighted by Gasteiger charge is -2.34. The Hall–Kier alpha value is -1.93. The van der Waals surface area contributed by atoms with Crippen LogP contribution in [0.3, 0.4) is 0 Å². The van der Waals surface area contributed by atoms with E-state index < -0.39 is 0 Å². The minimum atomic E-state index is -0.273. The van der Waals surface area contributed by atoms with Crippen LogP contribution in [0.2, 0.25) is 0 Å². The highest BCUT2D eigenvalue weighted by atomic mass is 16.5. The zero-order valence-corrected chi connectivity index (χ0v) is 15.5. The van der Waals surface area contributed by atoms with Crippen LogP contribution < -0.4 is 10.6 Å². The summed E-state index contributed by atoms with van der Waals surface area (Å²) < 4.78 is 10.6. The largest absolute Gasteiger partial charge is 0.381 e. The van der Waals surface area contributed by atoms with Gasteiger partial charge in [0.1, 0.15) is 0 Å². The van der Waals surface area contributed by atoms with Crippen LogP contribution in [0.5, 0.6) is 0 Å². The lowest BCUT2D eigenvalue weighted by atomic mass is 10.1. The average Bonchev–Trinajstić information content (AvgIpc) is 3.29.